The lowest BCUT2D eigenvalue weighted by atomic mass is 9.93. The van der Waals surface area contributed by atoms with Crippen LogP contribution < -0.4 is 0 Å². The van der Waals surface area contributed by atoms with Crippen LogP contribution in [0.4, 0.5) is 5.69 Å². The van der Waals surface area contributed by atoms with Gasteiger partial charge in [0.1, 0.15) is 0 Å². The predicted molar refractivity (Wildman–Crippen MR) is 60.8 cm³/mol. The van der Waals surface area contributed by atoms with Crippen LogP contribution in [0, 0.1) is 27.4 Å². The van der Waals surface area contributed by atoms with E-state index in [1.165, 1.54) is 6.07 Å². The molecule has 4 heteroatoms. The topological polar surface area (TPSA) is 66.9 Å². The van der Waals surface area contributed by atoms with E-state index in [4.69, 9.17) is 5.26 Å². The molecule has 0 bridgehead atoms. The van der Waals surface area contributed by atoms with E-state index < -0.39 is 0 Å². The van der Waals surface area contributed by atoms with Gasteiger partial charge >= 0.3 is 0 Å². The van der Waals surface area contributed by atoms with E-state index in [0.29, 0.717) is 12.8 Å². The van der Waals surface area contributed by atoms with Gasteiger partial charge in [0.25, 0.3) is 5.69 Å². The standard InChI is InChI=1S/C12H14N2O2/c1-2-10(7-8-13)9-11-5-3-4-6-12(11)14(15)16/h3-6,10H,2,7,9H2,1H3. The van der Waals surface area contributed by atoms with E-state index in [-0.39, 0.29) is 16.5 Å². The van der Waals surface area contributed by atoms with Crippen LogP contribution >= 0.6 is 0 Å². The quantitative estimate of drug-likeness (QED) is 0.563. The molecular weight excluding hydrogens is 204 g/mol. The van der Waals surface area contributed by atoms with Crippen LogP contribution in [0.3, 0.4) is 0 Å². The van der Waals surface area contributed by atoms with E-state index >= 15 is 0 Å². The van der Waals surface area contributed by atoms with Crippen LogP contribution in [0.1, 0.15) is 25.3 Å². The summed E-state index contributed by atoms with van der Waals surface area (Å²) in [6, 6.07) is 8.84. The molecule has 4 nitrogen and oxygen atoms in total. The third-order valence-electron chi connectivity index (χ3n) is 2.65. The lowest BCUT2D eigenvalue weighted by Gasteiger charge is -2.10. The summed E-state index contributed by atoms with van der Waals surface area (Å²) in [6.45, 7) is 2.00. The van der Waals surface area contributed by atoms with Gasteiger partial charge < -0.3 is 0 Å². The molecule has 0 aromatic heterocycles. The SMILES string of the molecule is CCC(CC#N)Cc1ccccc1[N+](=O)[O-]. The van der Waals surface area contributed by atoms with Crippen molar-refractivity contribution in [1.29, 1.82) is 5.26 Å². The summed E-state index contributed by atoms with van der Waals surface area (Å²) in [7, 11) is 0. The number of benzene rings is 1. The van der Waals surface area contributed by atoms with Crippen molar-refractivity contribution in [2.75, 3.05) is 0 Å². The highest BCUT2D eigenvalue weighted by Gasteiger charge is 2.16. The van der Waals surface area contributed by atoms with Crippen molar-refractivity contribution >= 4 is 5.69 Å². The Bertz CT molecular complexity index is 410. The second-order valence-electron chi connectivity index (χ2n) is 3.73. The third-order valence-corrected chi connectivity index (χ3v) is 2.65. The van der Waals surface area contributed by atoms with Crippen molar-refractivity contribution in [2.45, 2.75) is 26.2 Å². The molecule has 0 aliphatic heterocycles. The fourth-order valence-electron chi connectivity index (χ4n) is 1.66. The monoisotopic (exact) mass is 218 g/mol. The fraction of sp³-hybridized carbons (Fsp3) is 0.417. The smallest absolute Gasteiger partial charge is 0.258 e. The second-order valence-corrected chi connectivity index (χ2v) is 3.73. The molecule has 0 radical (unpaired) electrons. The minimum Gasteiger partial charge on any atom is -0.258 e. The molecule has 0 saturated heterocycles. The molecule has 84 valence electrons. The van der Waals surface area contributed by atoms with Gasteiger partial charge in [-0.2, -0.15) is 5.26 Å². The summed E-state index contributed by atoms with van der Waals surface area (Å²) in [5.41, 5.74) is 0.869. The van der Waals surface area contributed by atoms with Crippen molar-refractivity contribution in [3.05, 3.63) is 39.9 Å². The number of nitro benzene ring substituents is 1. The number of nitrogens with zero attached hydrogens (tertiary/aromatic N) is 2. The Balaban J connectivity index is 2.87. The van der Waals surface area contributed by atoms with E-state index in [1.807, 2.05) is 6.92 Å². The van der Waals surface area contributed by atoms with Crippen molar-refractivity contribution in [1.82, 2.24) is 0 Å². The fourth-order valence-corrected chi connectivity index (χ4v) is 1.66. The summed E-state index contributed by atoms with van der Waals surface area (Å²) in [4.78, 5) is 10.4. The molecule has 0 N–H and O–H groups in total. The number of nitro groups is 1. The zero-order valence-corrected chi connectivity index (χ0v) is 9.22. The molecule has 0 saturated carbocycles. The van der Waals surface area contributed by atoms with Crippen LogP contribution in [-0.2, 0) is 6.42 Å². The number of rotatable bonds is 5. The largest absolute Gasteiger partial charge is 0.272 e. The first-order valence-electron chi connectivity index (χ1n) is 5.28. The first-order chi connectivity index (χ1) is 7.69. The van der Waals surface area contributed by atoms with Gasteiger partial charge in [-0.05, 0) is 12.3 Å². The van der Waals surface area contributed by atoms with Crippen molar-refractivity contribution < 1.29 is 4.92 Å². The third kappa shape index (κ3) is 3.06. The van der Waals surface area contributed by atoms with Gasteiger partial charge in [-0.25, -0.2) is 0 Å². The van der Waals surface area contributed by atoms with Gasteiger partial charge in [-0.1, -0.05) is 31.5 Å². The van der Waals surface area contributed by atoms with E-state index in [0.717, 1.165) is 12.0 Å². The molecule has 16 heavy (non-hydrogen) atoms. The molecule has 1 unspecified atom stereocenters. The average Bonchev–Trinajstić information content (AvgIpc) is 2.29. The summed E-state index contributed by atoms with van der Waals surface area (Å²) in [5.74, 6) is 0.200. The Morgan fingerprint density at radius 3 is 2.75 bits per heavy atom. The Labute approximate surface area is 94.7 Å². The van der Waals surface area contributed by atoms with E-state index in [2.05, 4.69) is 6.07 Å². The number of para-hydroxylation sites is 1. The lowest BCUT2D eigenvalue weighted by Crippen LogP contribution is -2.04. The molecule has 0 heterocycles. The number of nitriles is 1. The van der Waals surface area contributed by atoms with Crippen molar-refractivity contribution in [2.24, 2.45) is 5.92 Å². The summed E-state index contributed by atoms with van der Waals surface area (Å²) in [6.07, 6.45) is 1.91. The maximum absolute atomic E-state index is 10.8. The highest BCUT2D eigenvalue weighted by molar-refractivity contribution is 5.40. The molecule has 1 atom stereocenters. The van der Waals surface area contributed by atoms with Gasteiger partial charge in [-0.3, -0.25) is 10.1 Å². The van der Waals surface area contributed by atoms with Gasteiger partial charge in [0, 0.05) is 18.1 Å². The van der Waals surface area contributed by atoms with Crippen LogP contribution in [0.25, 0.3) is 0 Å². The Morgan fingerprint density at radius 1 is 1.50 bits per heavy atom. The van der Waals surface area contributed by atoms with Crippen LogP contribution in [0.5, 0.6) is 0 Å². The van der Waals surface area contributed by atoms with Gasteiger partial charge in [0.15, 0.2) is 0 Å². The van der Waals surface area contributed by atoms with Crippen molar-refractivity contribution in [3.8, 4) is 6.07 Å². The van der Waals surface area contributed by atoms with Crippen LogP contribution in [-0.4, -0.2) is 4.92 Å². The molecule has 1 aromatic rings. The minimum atomic E-state index is -0.367. The zero-order valence-electron chi connectivity index (χ0n) is 9.22. The van der Waals surface area contributed by atoms with Crippen molar-refractivity contribution in [3.63, 3.8) is 0 Å². The van der Waals surface area contributed by atoms with Gasteiger partial charge in [0.2, 0.25) is 0 Å². The van der Waals surface area contributed by atoms with Crippen LogP contribution in [0.15, 0.2) is 24.3 Å². The number of hydrogen-bond donors (Lipinski definition) is 0. The zero-order chi connectivity index (χ0) is 12.0. The molecule has 0 fully saturated rings. The predicted octanol–water partition coefficient (Wildman–Crippen LogP) is 3.08. The summed E-state index contributed by atoms with van der Waals surface area (Å²) >= 11 is 0. The molecule has 1 aromatic carbocycles. The minimum absolute atomic E-state index is 0.152. The highest BCUT2D eigenvalue weighted by Crippen LogP contribution is 2.23. The Kier molecular flexibility index (Phi) is 4.46. The Hall–Kier alpha value is -1.89. The normalized spacial score (nSPS) is 11.8. The first-order valence-corrected chi connectivity index (χ1v) is 5.28. The average molecular weight is 218 g/mol. The molecule has 1 rings (SSSR count). The molecule has 0 amide bonds. The maximum Gasteiger partial charge on any atom is 0.272 e. The maximum atomic E-state index is 10.8. The van der Waals surface area contributed by atoms with Gasteiger partial charge in [-0.15, -0.1) is 0 Å². The molecule has 0 aliphatic carbocycles. The van der Waals surface area contributed by atoms with Crippen LogP contribution in [0.2, 0.25) is 0 Å². The number of hydrogen-bond acceptors (Lipinski definition) is 3. The first kappa shape index (κ1) is 12.2. The molecular formula is C12H14N2O2. The van der Waals surface area contributed by atoms with E-state index in [9.17, 15) is 10.1 Å². The molecule has 0 aliphatic rings. The molecule has 0 spiro atoms. The Morgan fingerprint density at radius 2 is 2.19 bits per heavy atom. The van der Waals surface area contributed by atoms with E-state index in [1.54, 1.807) is 18.2 Å². The van der Waals surface area contributed by atoms with Gasteiger partial charge in [0.05, 0.1) is 11.0 Å². The highest BCUT2D eigenvalue weighted by atomic mass is 16.6. The lowest BCUT2D eigenvalue weighted by molar-refractivity contribution is -0.385. The summed E-state index contributed by atoms with van der Waals surface area (Å²) < 4.78 is 0. The summed E-state index contributed by atoms with van der Waals surface area (Å²) in [5, 5.41) is 19.4. The second kappa shape index (κ2) is 5.86.